The molecule has 4 rings (SSSR count). The van der Waals surface area contributed by atoms with Crippen LogP contribution in [0.5, 0.6) is 0 Å². The molecule has 0 fully saturated rings. The van der Waals surface area contributed by atoms with Crippen LogP contribution in [0.1, 0.15) is 16.1 Å². The van der Waals surface area contributed by atoms with Crippen molar-refractivity contribution in [2.24, 2.45) is 0 Å². The van der Waals surface area contributed by atoms with Gasteiger partial charge in [-0.15, -0.1) is 12.4 Å². The minimum absolute atomic E-state index is 0. The van der Waals surface area contributed by atoms with E-state index in [1.165, 1.54) is 0 Å². The van der Waals surface area contributed by atoms with Crippen LogP contribution in [0.2, 0.25) is 0 Å². The number of hydrogen-bond acceptors (Lipinski definition) is 3. The minimum Gasteiger partial charge on any atom is -0.331 e. The number of ketones is 2. The van der Waals surface area contributed by atoms with Crippen LogP contribution in [0, 0.1) is 0 Å². The number of benzene rings is 1. The Labute approximate surface area is 145 Å². The standard InChI is InChI=1S/C19H16N2O2.ClH/c1-20(2)11-21-6-5-16-17-9-13-8-15(22)4-3-12(13)7-14(17)10-18(23)19(16)21;/h3-10H,11H2,1-2H3;1H. The van der Waals surface area contributed by atoms with Gasteiger partial charge in [-0.05, 0) is 72.1 Å². The monoisotopic (exact) mass is 340 g/mol. The largest absolute Gasteiger partial charge is 0.331 e. The van der Waals surface area contributed by atoms with Gasteiger partial charge < -0.3 is 4.57 Å². The number of aromatic nitrogens is 1. The lowest BCUT2D eigenvalue weighted by Gasteiger charge is -2.17. The van der Waals surface area contributed by atoms with Gasteiger partial charge in [0.1, 0.15) is 0 Å². The Hall–Kier alpha value is -2.43. The number of fused-ring (bicyclic) bond motifs is 4. The normalized spacial score (nSPS) is 14.3. The molecule has 2 aromatic rings. The first-order valence-corrected chi connectivity index (χ1v) is 7.51. The Morgan fingerprint density at radius 2 is 1.79 bits per heavy atom. The van der Waals surface area contributed by atoms with Gasteiger partial charge in [0.05, 0.1) is 12.4 Å². The fourth-order valence-corrected chi connectivity index (χ4v) is 3.24. The lowest BCUT2D eigenvalue weighted by molar-refractivity contribution is -0.109. The van der Waals surface area contributed by atoms with Gasteiger partial charge in [0.15, 0.2) is 5.78 Å². The molecule has 4 nitrogen and oxygen atoms in total. The van der Waals surface area contributed by atoms with Gasteiger partial charge in [-0.25, -0.2) is 0 Å². The molecule has 1 heterocycles. The molecule has 0 spiro atoms. The highest BCUT2D eigenvalue weighted by Crippen LogP contribution is 2.26. The number of rotatable bonds is 2. The zero-order valence-electron chi connectivity index (χ0n) is 13.4. The molecule has 2 aliphatic carbocycles. The van der Waals surface area contributed by atoms with Crippen LogP contribution in [-0.4, -0.2) is 35.1 Å². The van der Waals surface area contributed by atoms with E-state index in [0.29, 0.717) is 12.4 Å². The van der Waals surface area contributed by atoms with Crippen LogP contribution in [0.3, 0.4) is 0 Å². The molecule has 0 radical (unpaired) electrons. The number of carbonyl (C=O) groups is 2. The molecule has 24 heavy (non-hydrogen) atoms. The van der Waals surface area contributed by atoms with Gasteiger partial charge in [-0.1, -0.05) is 6.08 Å². The lowest BCUT2D eigenvalue weighted by atomic mass is 9.92. The maximum Gasteiger partial charge on any atom is 0.203 e. The van der Waals surface area contributed by atoms with Crippen LogP contribution < -0.4 is 10.4 Å². The molecule has 0 unspecified atom stereocenters. The topological polar surface area (TPSA) is 42.3 Å². The van der Waals surface area contributed by atoms with Crippen LogP contribution in [0.4, 0.5) is 0 Å². The second-order valence-corrected chi connectivity index (χ2v) is 6.23. The molecule has 122 valence electrons. The molecule has 1 aromatic carbocycles. The lowest BCUT2D eigenvalue weighted by Crippen LogP contribution is -2.25. The summed E-state index contributed by atoms with van der Waals surface area (Å²) in [6, 6.07) is 5.97. The first kappa shape index (κ1) is 16.4. The summed E-state index contributed by atoms with van der Waals surface area (Å²) >= 11 is 0. The van der Waals surface area contributed by atoms with Crippen LogP contribution in [0.25, 0.3) is 29.4 Å². The number of allylic oxidation sites excluding steroid dienone is 1. The predicted octanol–water partition coefficient (Wildman–Crippen LogP) is 1.45. The second kappa shape index (κ2) is 5.89. The van der Waals surface area contributed by atoms with Gasteiger partial charge in [-0.3, -0.25) is 14.5 Å². The Morgan fingerprint density at radius 1 is 1.00 bits per heavy atom. The van der Waals surface area contributed by atoms with Gasteiger partial charge in [0.2, 0.25) is 5.78 Å². The molecular formula is C19H17ClN2O2. The minimum atomic E-state index is -0.00119. The van der Waals surface area contributed by atoms with E-state index in [1.807, 2.05) is 54.0 Å². The summed E-state index contributed by atoms with van der Waals surface area (Å²) < 4.78 is 1.96. The summed E-state index contributed by atoms with van der Waals surface area (Å²) in [6.45, 7) is 0.655. The van der Waals surface area contributed by atoms with Gasteiger partial charge >= 0.3 is 0 Å². The predicted molar refractivity (Wildman–Crippen MR) is 97.4 cm³/mol. The van der Waals surface area contributed by atoms with Gasteiger partial charge in [-0.2, -0.15) is 0 Å². The summed E-state index contributed by atoms with van der Waals surface area (Å²) in [4.78, 5) is 26.2. The molecule has 0 N–H and O–H groups in total. The van der Waals surface area contributed by atoms with E-state index in [9.17, 15) is 9.59 Å². The van der Waals surface area contributed by atoms with Gasteiger partial charge in [0.25, 0.3) is 0 Å². The summed E-state index contributed by atoms with van der Waals surface area (Å²) in [5.41, 5.74) is 3.63. The molecule has 0 bridgehead atoms. The average molecular weight is 341 g/mol. The third kappa shape index (κ3) is 2.54. The summed E-state index contributed by atoms with van der Waals surface area (Å²) in [5.74, 6) is 0.0258. The zero-order chi connectivity index (χ0) is 16.1. The molecule has 0 amide bonds. The number of hydrogen-bond donors (Lipinski definition) is 0. The van der Waals surface area contributed by atoms with Crippen molar-refractivity contribution in [1.29, 1.82) is 0 Å². The molecule has 0 atom stereocenters. The molecule has 5 heteroatoms. The summed E-state index contributed by atoms with van der Waals surface area (Å²) in [7, 11) is 3.95. The van der Waals surface area contributed by atoms with Crippen LogP contribution in [-0.2, 0) is 11.5 Å². The Bertz CT molecular complexity index is 1010. The number of nitrogens with zero attached hydrogens (tertiary/aromatic N) is 2. The smallest absolute Gasteiger partial charge is 0.203 e. The van der Waals surface area contributed by atoms with Crippen molar-refractivity contribution >= 4 is 42.2 Å². The van der Waals surface area contributed by atoms with Crippen molar-refractivity contribution in [3.63, 3.8) is 0 Å². The maximum atomic E-state index is 12.6. The molecule has 0 saturated heterocycles. The first-order chi connectivity index (χ1) is 11.0. The average Bonchev–Trinajstić information content (AvgIpc) is 2.90. The Balaban J connectivity index is 0.00000169. The molecular weight excluding hydrogens is 324 g/mol. The summed E-state index contributed by atoms with van der Waals surface area (Å²) in [6.07, 6.45) is 8.64. The molecule has 1 aromatic heterocycles. The fraction of sp³-hybridized carbons (Fsp3) is 0.158. The van der Waals surface area contributed by atoms with E-state index in [-0.39, 0.29) is 24.0 Å². The van der Waals surface area contributed by atoms with Crippen molar-refractivity contribution < 1.29 is 9.59 Å². The number of carbonyl (C=O) groups excluding carboxylic acids is 2. The van der Waals surface area contributed by atoms with Gasteiger partial charge in [0, 0.05) is 11.8 Å². The SMILES string of the molecule is CN(C)Cn1ccc2c1C(=O)C=c1cc3c(cc1-2)=CC(=O)C=C3.Cl. The highest BCUT2D eigenvalue weighted by atomic mass is 35.5. The van der Waals surface area contributed by atoms with E-state index in [1.54, 1.807) is 18.2 Å². The molecule has 0 aliphatic heterocycles. The van der Waals surface area contributed by atoms with E-state index in [0.717, 1.165) is 27.1 Å². The second-order valence-electron chi connectivity index (χ2n) is 6.23. The van der Waals surface area contributed by atoms with Crippen molar-refractivity contribution in [1.82, 2.24) is 9.47 Å². The van der Waals surface area contributed by atoms with Crippen molar-refractivity contribution in [2.75, 3.05) is 14.1 Å². The quantitative estimate of drug-likeness (QED) is 0.831. The van der Waals surface area contributed by atoms with E-state index in [2.05, 4.69) is 0 Å². The third-order valence-electron chi connectivity index (χ3n) is 4.19. The highest BCUT2D eigenvalue weighted by Gasteiger charge is 2.22. The van der Waals surface area contributed by atoms with Crippen LogP contribution >= 0.6 is 12.4 Å². The van der Waals surface area contributed by atoms with Crippen molar-refractivity contribution in [3.8, 4) is 11.1 Å². The highest BCUT2D eigenvalue weighted by molar-refractivity contribution is 6.22. The third-order valence-corrected chi connectivity index (χ3v) is 4.19. The maximum absolute atomic E-state index is 12.6. The zero-order valence-corrected chi connectivity index (χ0v) is 14.3. The fourth-order valence-electron chi connectivity index (χ4n) is 3.24. The number of Topliss-reactive ketones (excluding diaryl/α,β-unsaturated/α-hetero) is 1. The Morgan fingerprint density at radius 3 is 2.54 bits per heavy atom. The van der Waals surface area contributed by atoms with E-state index in [4.69, 9.17) is 0 Å². The van der Waals surface area contributed by atoms with E-state index >= 15 is 0 Å². The van der Waals surface area contributed by atoms with Crippen molar-refractivity contribution in [2.45, 2.75) is 6.67 Å². The molecule has 2 aliphatic rings. The first-order valence-electron chi connectivity index (χ1n) is 7.51. The molecule has 0 saturated carbocycles. The van der Waals surface area contributed by atoms with E-state index < -0.39 is 0 Å². The number of halogens is 1. The summed E-state index contributed by atoms with van der Waals surface area (Å²) in [5, 5.41) is 1.82. The van der Waals surface area contributed by atoms with Crippen LogP contribution in [0.15, 0.2) is 30.5 Å². The van der Waals surface area contributed by atoms with Crippen molar-refractivity contribution in [3.05, 3.63) is 52.2 Å². The Kier molecular flexibility index (Phi) is 4.03.